The molecule has 1 heterocycles. The molecule has 0 aliphatic carbocycles. The third-order valence-electron chi connectivity index (χ3n) is 1.83. The van der Waals surface area contributed by atoms with Crippen molar-refractivity contribution in [1.82, 2.24) is 10.1 Å². The lowest BCUT2D eigenvalue weighted by Gasteiger charge is -1.98. The number of rotatable bonds is 2. The predicted octanol–water partition coefficient (Wildman–Crippen LogP) is 1.55. The van der Waals surface area contributed by atoms with Gasteiger partial charge in [-0.05, 0) is 18.2 Å². The van der Waals surface area contributed by atoms with Crippen LogP contribution in [0.5, 0.6) is 5.75 Å². The fraction of sp³-hybridized carbons (Fsp3) is 0.111. The van der Waals surface area contributed by atoms with Crippen molar-refractivity contribution in [2.24, 2.45) is 5.73 Å². The minimum Gasteiger partial charge on any atom is -0.508 e. The quantitative estimate of drug-likeness (QED) is 0.810. The van der Waals surface area contributed by atoms with E-state index in [2.05, 4.69) is 10.1 Å². The van der Waals surface area contributed by atoms with E-state index in [4.69, 9.17) is 21.9 Å². The summed E-state index contributed by atoms with van der Waals surface area (Å²) in [5.41, 5.74) is 5.84. The molecule has 0 amide bonds. The van der Waals surface area contributed by atoms with Gasteiger partial charge < -0.3 is 15.4 Å². The van der Waals surface area contributed by atoms with Crippen LogP contribution >= 0.6 is 11.6 Å². The summed E-state index contributed by atoms with van der Waals surface area (Å²) < 4.78 is 4.84. The summed E-state index contributed by atoms with van der Waals surface area (Å²) in [6.45, 7) is 0.170. The normalized spacial score (nSPS) is 10.5. The van der Waals surface area contributed by atoms with Gasteiger partial charge in [0.05, 0.1) is 11.6 Å². The molecular weight excluding hydrogens is 218 g/mol. The second kappa shape index (κ2) is 3.88. The van der Waals surface area contributed by atoms with Gasteiger partial charge in [0, 0.05) is 5.56 Å². The van der Waals surface area contributed by atoms with Crippen molar-refractivity contribution in [3.8, 4) is 17.1 Å². The molecular formula is C9H8ClN3O2. The Hall–Kier alpha value is -1.59. The number of phenols is 1. The van der Waals surface area contributed by atoms with Crippen LogP contribution in [0, 0.1) is 0 Å². The van der Waals surface area contributed by atoms with Gasteiger partial charge in [0.1, 0.15) is 5.75 Å². The van der Waals surface area contributed by atoms with Crippen LogP contribution in [-0.4, -0.2) is 15.2 Å². The highest BCUT2D eigenvalue weighted by atomic mass is 35.5. The van der Waals surface area contributed by atoms with Crippen LogP contribution in [0.4, 0.5) is 0 Å². The second-order valence-electron chi connectivity index (χ2n) is 2.88. The van der Waals surface area contributed by atoms with E-state index < -0.39 is 0 Å². The number of hydrogen-bond donors (Lipinski definition) is 2. The number of hydrogen-bond acceptors (Lipinski definition) is 5. The Morgan fingerprint density at radius 1 is 1.47 bits per heavy atom. The molecule has 6 heteroatoms. The SMILES string of the molecule is NCc1nc(-c2cc(O)ccc2Cl)no1. The third-order valence-corrected chi connectivity index (χ3v) is 2.16. The molecule has 0 bridgehead atoms. The summed E-state index contributed by atoms with van der Waals surface area (Å²) in [4.78, 5) is 4.00. The Morgan fingerprint density at radius 2 is 2.27 bits per heavy atom. The molecule has 3 N–H and O–H groups in total. The van der Waals surface area contributed by atoms with Gasteiger partial charge in [0.25, 0.3) is 0 Å². The van der Waals surface area contributed by atoms with E-state index >= 15 is 0 Å². The Bertz CT molecular complexity index is 484. The lowest BCUT2D eigenvalue weighted by molar-refractivity contribution is 0.380. The van der Waals surface area contributed by atoms with Crippen molar-refractivity contribution in [2.45, 2.75) is 6.54 Å². The maximum atomic E-state index is 9.29. The Kier molecular flexibility index (Phi) is 2.57. The van der Waals surface area contributed by atoms with Gasteiger partial charge in [-0.15, -0.1) is 0 Å². The molecule has 0 unspecified atom stereocenters. The summed E-state index contributed by atoms with van der Waals surface area (Å²) in [6.07, 6.45) is 0. The predicted molar refractivity (Wildman–Crippen MR) is 54.3 cm³/mol. The Morgan fingerprint density at radius 3 is 2.93 bits per heavy atom. The van der Waals surface area contributed by atoms with E-state index in [0.717, 1.165) is 0 Å². The van der Waals surface area contributed by atoms with Gasteiger partial charge in [-0.1, -0.05) is 16.8 Å². The van der Waals surface area contributed by atoms with Gasteiger partial charge >= 0.3 is 0 Å². The van der Waals surface area contributed by atoms with Crippen LogP contribution in [0.15, 0.2) is 22.7 Å². The van der Waals surface area contributed by atoms with Crippen LogP contribution in [0.25, 0.3) is 11.4 Å². The molecule has 0 atom stereocenters. The monoisotopic (exact) mass is 225 g/mol. The van der Waals surface area contributed by atoms with E-state index in [0.29, 0.717) is 22.3 Å². The molecule has 0 aliphatic rings. The van der Waals surface area contributed by atoms with Gasteiger partial charge in [0.15, 0.2) is 0 Å². The zero-order valence-corrected chi connectivity index (χ0v) is 8.40. The van der Waals surface area contributed by atoms with Crippen LogP contribution in [0.2, 0.25) is 5.02 Å². The topological polar surface area (TPSA) is 85.2 Å². The number of benzene rings is 1. The van der Waals surface area contributed by atoms with Crippen LogP contribution in [0.1, 0.15) is 5.89 Å². The maximum Gasteiger partial charge on any atom is 0.240 e. The molecule has 1 aromatic carbocycles. The van der Waals surface area contributed by atoms with Crippen molar-refractivity contribution >= 4 is 11.6 Å². The summed E-state index contributed by atoms with van der Waals surface area (Å²) >= 11 is 5.92. The van der Waals surface area contributed by atoms with Crippen LogP contribution < -0.4 is 5.73 Å². The molecule has 0 fully saturated rings. The number of aromatic hydroxyl groups is 1. The zero-order chi connectivity index (χ0) is 10.8. The van der Waals surface area contributed by atoms with Gasteiger partial charge in [-0.25, -0.2) is 0 Å². The lowest BCUT2D eigenvalue weighted by atomic mass is 10.2. The van der Waals surface area contributed by atoms with E-state index in [1.54, 1.807) is 6.07 Å². The van der Waals surface area contributed by atoms with Gasteiger partial charge in [0.2, 0.25) is 11.7 Å². The average Bonchev–Trinajstić information content (AvgIpc) is 2.70. The first kappa shape index (κ1) is 9.95. The number of nitrogens with two attached hydrogens (primary N) is 1. The first-order valence-corrected chi connectivity index (χ1v) is 4.60. The van der Waals surface area contributed by atoms with Crippen molar-refractivity contribution in [2.75, 3.05) is 0 Å². The van der Waals surface area contributed by atoms with Crippen LogP contribution in [-0.2, 0) is 6.54 Å². The summed E-state index contributed by atoms with van der Waals surface area (Å²) in [5.74, 6) is 0.731. The Labute approximate surface area is 90.5 Å². The average molecular weight is 226 g/mol. The first-order valence-electron chi connectivity index (χ1n) is 4.22. The van der Waals surface area contributed by atoms with Crippen molar-refractivity contribution < 1.29 is 9.63 Å². The zero-order valence-electron chi connectivity index (χ0n) is 7.64. The van der Waals surface area contributed by atoms with E-state index in [9.17, 15) is 5.11 Å². The highest BCUT2D eigenvalue weighted by Crippen LogP contribution is 2.28. The maximum absolute atomic E-state index is 9.29. The fourth-order valence-corrected chi connectivity index (χ4v) is 1.33. The Balaban J connectivity index is 2.48. The highest BCUT2D eigenvalue weighted by Gasteiger charge is 2.11. The largest absolute Gasteiger partial charge is 0.508 e. The lowest BCUT2D eigenvalue weighted by Crippen LogP contribution is -1.95. The van der Waals surface area contributed by atoms with Crippen molar-refractivity contribution in [3.05, 3.63) is 29.1 Å². The minimum absolute atomic E-state index is 0.0912. The molecule has 2 aromatic rings. The highest BCUT2D eigenvalue weighted by molar-refractivity contribution is 6.33. The number of phenolic OH excluding ortho intramolecular Hbond substituents is 1. The molecule has 0 saturated carbocycles. The molecule has 78 valence electrons. The van der Waals surface area contributed by atoms with Gasteiger partial charge in [-0.3, -0.25) is 0 Å². The molecule has 0 aliphatic heterocycles. The molecule has 0 saturated heterocycles. The van der Waals surface area contributed by atoms with Crippen molar-refractivity contribution in [1.29, 1.82) is 0 Å². The summed E-state index contributed by atoms with van der Waals surface area (Å²) in [7, 11) is 0. The van der Waals surface area contributed by atoms with Crippen LogP contribution in [0.3, 0.4) is 0 Å². The standard InChI is InChI=1S/C9H8ClN3O2/c10-7-2-1-5(14)3-6(7)9-12-8(4-11)15-13-9/h1-3,14H,4,11H2. The molecule has 2 rings (SSSR count). The molecule has 5 nitrogen and oxygen atoms in total. The number of aromatic nitrogens is 2. The minimum atomic E-state index is 0.0912. The fourth-order valence-electron chi connectivity index (χ4n) is 1.13. The first-order chi connectivity index (χ1) is 7.20. The molecule has 15 heavy (non-hydrogen) atoms. The molecule has 0 spiro atoms. The summed E-state index contributed by atoms with van der Waals surface area (Å²) in [6, 6.07) is 4.51. The van der Waals surface area contributed by atoms with E-state index in [1.807, 2.05) is 0 Å². The molecule has 1 aromatic heterocycles. The smallest absolute Gasteiger partial charge is 0.240 e. The number of nitrogens with zero attached hydrogens (tertiary/aromatic N) is 2. The molecule has 0 radical (unpaired) electrons. The van der Waals surface area contributed by atoms with Gasteiger partial charge in [-0.2, -0.15) is 4.98 Å². The van der Waals surface area contributed by atoms with Crippen molar-refractivity contribution in [3.63, 3.8) is 0 Å². The van der Waals surface area contributed by atoms with E-state index in [1.165, 1.54) is 12.1 Å². The van der Waals surface area contributed by atoms with E-state index in [-0.39, 0.29) is 12.3 Å². The number of halogens is 1. The third kappa shape index (κ3) is 1.93. The second-order valence-corrected chi connectivity index (χ2v) is 3.29. The summed E-state index contributed by atoms with van der Waals surface area (Å²) in [5, 5.41) is 13.4.